The monoisotopic (exact) mass is 573 g/mol. The molecule has 2 saturated heterocycles. The minimum Gasteiger partial charge on any atom is -0.389 e. The lowest BCUT2D eigenvalue weighted by atomic mass is 9.94. The summed E-state index contributed by atoms with van der Waals surface area (Å²) in [6, 6.07) is 6.89. The van der Waals surface area contributed by atoms with E-state index in [2.05, 4.69) is 10.6 Å². The number of rotatable bonds is 12. The quantitative estimate of drug-likeness (QED) is 0.360. The van der Waals surface area contributed by atoms with Gasteiger partial charge in [-0.2, -0.15) is 0 Å². The van der Waals surface area contributed by atoms with Gasteiger partial charge < -0.3 is 30.1 Å². The predicted octanol–water partition coefficient (Wildman–Crippen LogP) is 3.38. The van der Waals surface area contributed by atoms with E-state index in [0.29, 0.717) is 43.9 Å². The highest BCUT2D eigenvalue weighted by atomic mass is 19.1. The number of nitrogens with zero attached hydrogens (tertiary/aromatic N) is 1. The van der Waals surface area contributed by atoms with Crippen molar-refractivity contribution in [2.45, 2.75) is 76.3 Å². The number of likely N-dealkylation sites (tertiary alicyclic amines) is 1. The molecule has 0 unspecified atom stereocenters. The van der Waals surface area contributed by atoms with E-state index in [1.54, 1.807) is 30.2 Å². The Morgan fingerprint density at radius 3 is 2.59 bits per heavy atom. The number of aliphatic hydroxyl groups is 1. The van der Waals surface area contributed by atoms with Crippen molar-refractivity contribution < 1.29 is 33.0 Å². The van der Waals surface area contributed by atoms with Crippen LogP contribution in [-0.4, -0.2) is 85.6 Å². The molecular weight excluding hydrogens is 532 g/mol. The number of aliphatic hydroxyl groups excluding tert-OH is 1. The molecular formula is C31H41F2N3O5. The Bertz CT molecular complexity index is 1190. The third-order valence-electron chi connectivity index (χ3n) is 7.78. The van der Waals surface area contributed by atoms with Gasteiger partial charge in [0.15, 0.2) is 0 Å². The van der Waals surface area contributed by atoms with Crippen LogP contribution < -0.4 is 10.6 Å². The molecule has 2 fully saturated rings. The molecule has 0 bridgehead atoms. The number of benzene rings is 2. The minimum absolute atomic E-state index is 0.00430. The van der Waals surface area contributed by atoms with Crippen LogP contribution in [0.2, 0.25) is 0 Å². The van der Waals surface area contributed by atoms with Crippen molar-refractivity contribution in [3.8, 4) is 0 Å². The van der Waals surface area contributed by atoms with Gasteiger partial charge in [-0.05, 0) is 80.5 Å². The third kappa shape index (κ3) is 8.09. The molecule has 41 heavy (non-hydrogen) atoms. The Kier molecular flexibility index (Phi) is 10.8. The molecule has 0 aromatic heterocycles. The second-order valence-electron chi connectivity index (χ2n) is 11.1. The fourth-order valence-corrected chi connectivity index (χ4v) is 5.85. The maximum atomic E-state index is 14.0. The summed E-state index contributed by atoms with van der Waals surface area (Å²) in [6.45, 7) is 6.07. The summed E-state index contributed by atoms with van der Waals surface area (Å²) in [4.78, 5) is 28.7. The van der Waals surface area contributed by atoms with Crippen LogP contribution in [0.3, 0.4) is 0 Å². The van der Waals surface area contributed by atoms with Gasteiger partial charge in [0.2, 0.25) is 0 Å². The number of carbonyl (C=O) groups is 2. The van der Waals surface area contributed by atoms with E-state index in [4.69, 9.17) is 9.47 Å². The first kappa shape index (κ1) is 31.0. The first-order valence-corrected chi connectivity index (χ1v) is 14.4. The summed E-state index contributed by atoms with van der Waals surface area (Å²) in [6.07, 6.45) is 2.02. The number of methoxy groups -OCH3 is 1. The van der Waals surface area contributed by atoms with Crippen molar-refractivity contribution in [3.05, 3.63) is 70.3 Å². The number of aryl methyl sites for hydroxylation is 1. The molecule has 3 N–H and O–H groups in total. The maximum Gasteiger partial charge on any atom is 0.254 e. The van der Waals surface area contributed by atoms with E-state index in [0.717, 1.165) is 30.9 Å². The molecule has 2 aromatic rings. The van der Waals surface area contributed by atoms with Crippen molar-refractivity contribution in [2.75, 3.05) is 33.4 Å². The van der Waals surface area contributed by atoms with Crippen LogP contribution in [-0.2, 0) is 15.9 Å². The summed E-state index contributed by atoms with van der Waals surface area (Å²) < 4.78 is 39.1. The zero-order valence-corrected chi connectivity index (χ0v) is 24.0. The zero-order chi connectivity index (χ0) is 29.5. The van der Waals surface area contributed by atoms with Crippen LogP contribution in [0.25, 0.3) is 0 Å². The molecule has 5 atom stereocenters. The standard InChI is InChI=1S/C31H41F2N3O5/c1-4-8-41-26-16-27(34-17-26)29(37)28(13-20-11-23(32)15-24(33)12-20)35-30(38)21-9-19(2)10-22(14-21)31(39)36-7-5-6-25(36)18-40-3/h9-12,14-15,25-29,34,37H,4-8,13,16-18H2,1-3H3,(H,35,38)/t25-,26-,27-,28+,29-/m1/s1. The number of ether oxygens (including phenoxy) is 2. The van der Waals surface area contributed by atoms with Gasteiger partial charge in [-0.1, -0.05) is 6.92 Å². The highest BCUT2D eigenvalue weighted by Crippen LogP contribution is 2.23. The van der Waals surface area contributed by atoms with Gasteiger partial charge in [-0.3, -0.25) is 9.59 Å². The molecule has 2 aromatic carbocycles. The molecule has 0 spiro atoms. The Morgan fingerprint density at radius 1 is 1.15 bits per heavy atom. The highest BCUT2D eigenvalue weighted by Gasteiger charge is 2.36. The number of nitrogens with one attached hydrogen (secondary N) is 2. The van der Waals surface area contributed by atoms with Gasteiger partial charge in [-0.15, -0.1) is 0 Å². The third-order valence-corrected chi connectivity index (χ3v) is 7.78. The fourth-order valence-electron chi connectivity index (χ4n) is 5.85. The van der Waals surface area contributed by atoms with Crippen molar-refractivity contribution in [1.29, 1.82) is 0 Å². The normalized spacial score (nSPS) is 22.1. The lowest BCUT2D eigenvalue weighted by Gasteiger charge is -2.29. The van der Waals surface area contributed by atoms with Crippen LogP contribution in [0.5, 0.6) is 0 Å². The van der Waals surface area contributed by atoms with Crippen LogP contribution in [0.15, 0.2) is 36.4 Å². The van der Waals surface area contributed by atoms with Gasteiger partial charge in [0, 0.05) is 50.0 Å². The predicted molar refractivity (Wildman–Crippen MR) is 151 cm³/mol. The molecule has 224 valence electrons. The Hall–Kier alpha value is -2.92. The second kappa shape index (κ2) is 14.3. The van der Waals surface area contributed by atoms with Crippen LogP contribution >= 0.6 is 0 Å². The molecule has 2 aliphatic rings. The fraction of sp³-hybridized carbons (Fsp3) is 0.548. The van der Waals surface area contributed by atoms with Crippen molar-refractivity contribution in [2.24, 2.45) is 0 Å². The van der Waals surface area contributed by atoms with E-state index < -0.39 is 29.7 Å². The molecule has 0 radical (unpaired) electrons. The molecule has 0 saturated carbocycles. The van der Waals surface area contributed by atoms with Crippen LogP contribution in [0, 0.1) is 18.6 Å². The Morgan fingerprint density at radius 2 is 1.88 bits per heavy atom. The van der Waals surface area contributed by atoms with Crippen LogP contribution in [0.4, 0.5) is 8.78 Å². The Labute approximate surface area is 240 Å². The van der Waals surface area contributed by atoms with Gasteiger partial charge in [0.05, 0.1) is 30.9 Å². The van der Waals surface area contributed by atoms with E-state index in [1.807, 2.05) is 13.8 Å². The lowest BCUT2D eigenvalue weighted by molar-refractivity contribution is 0.0514. The second-order valence-corrected chi connectivity index (χ2v) is 11.1. The van der Waals surface area contributed by atoms with E-state index >= 15 is 0 Å². The van der Waals surface area contributed by atoms with E-state index in [-0.39, 0.29) is 36.1 Å². The highest BCUT2D eigenvalue weighted by molar-refractivity contribution is 6.00. The summed E-state index contributed by atoms with van der Waals surface area (Å²) in [5, 5.41) is 17.5. The summed E-state index contributed by atoms with van der Waals surface area (Å²) >= 11 is 0. The van der Waals surface area contributed by atoms with E-state index in [9.17, 15) is 23.5 Å². The van der Waals surface area contributed by atoms with Gasteiger partial charge in [0.1, 0.15) is 11.6 Å². The average molecular weight is 574 g/mol. The van der Waals surface area contributed by atoms with E-state index in [1.165, 1.54) is 12.1 Å². The Balaban J connectivity index is 1.54. The SMILES string of the molecule is CCCO[C@H]1CN[C@@H]([C@@H](O)[C@H](Cc2cc(F)cc(F)c2)NC(=O)c2cc(C)cc(C(=O)N3CCC[C@@H]3COC)c2)C1. The first-order valence-electron chi connectivity index (χ1n) is 14.4. The van der Waals surface area contributed by atoms with Gasteiger partial charge in [-0.25, -0.2) is 8.78 Å². The minimum atomic E-state index is -1.06. The first-order chi connectivity index (χ1) is 19.7. The number of amides is 2. The van der Waals surface area contributed by atoms with Gasteiger partial charge in [0.25, 0.3) is 11.8 Å². The number of hydrogen-bond acceptors (Lipinski definition) is 6. The number of hydrogen-bond donors (Lipinski definition) is 3. The van der Waals surface area contributed by atoms with Crippen LogP contribution in [0.1, 0.15) is 64.4 Å². The molecule has 0 aliphatic carbocycles. The summed E-state index contributed by atoms with van der Waals surface area (Å²) in [5.74, 6) is -2.12. The molecule has 4 rings (SSSR count). The largest absolute Gasteiger partial charge is 0.389 e. The maximum absolute atomic E-state index is 14.0. The topological polar surface area (TPSA) is 100 Å². The number of carbonyl (C=O) groups excluding carboxylic acids is 2. The molecule has 2 heterocycles. The van der Waals surface area contributed by atoms with Crippen molar-refractivity contribution in [1.82, 2.24) is 15.5 Å². The lowest BCUT2D eigenvalue weighted by Crippen LogP contribution is -2.52. The molecule has 8 nitrogen and oxygen atoms in total. The molecule has 10 heteroatoms. The van der Waals surface area contributed by atoms with Crippen molar-refractivity contribution in [3.63, 3.8) is 0 Å². The van der Waals surface area contributed by atoms with Gasteiger partial charge >= 0.3 is 0 Å². The smallest absolute Gasteiger partial charge is 0.254 e. The van der Waals surface area contributed by atoms with Crippen molar-refractivity contribution >= 4 is 11.8 Å². The summed E-state index contributed by atoms with van der Waals surface area (Å²) in [7, 11) is 1.61. The number of halogens is 2. The zero-order valence-electron chi connectivity index (χ0n) is 24.0. The summed E-state index contributed by atoms with van der Waals surface area (Å²) in [5.41, 5.74) is 1.71. The molecule has 2 amide bonds. The average Bonchev–Trinajstić information content (AvgIpc) is 3.60. The molecule has 2 aliphatic heterocycles.